The molecule has 0 aliphatic carbocycles. The van der Waals surface area contributed by atoms with Gasteiger partial charge in [0.2, 0.25) is 0 Å². The zero-order valence-electron chi connectivity index (χ0n) is 7.02. The van der Waals surface area contributed by atoms with E-state index in [-0.39, 0.29) is 5.71 Å². The largest absolute Gasteiger partial charge is 0.478 e. The van der Waals surface area contributed by atoms with E-state index < -0.39 is 11.9 Å². The molecule has 1 aliphatic rings. The first-order chi connectivity index (χ1) is 6.13. The van der Waals surface area contributed by atoms with Gasteiger partial charge in [-0.05, 0) is 6.08 Å². The van der Waals surface area contributed by atoms with Crippen LogP contribution in [0.25, 0.3) is 0 Å². The molecule has 1 rings (SSSR count). The average Bonchev–Trinajstić information content (AvgIpc) is 2.43. The first-order valence-corrected chi connectivity index (χ1v) is 3.75. The molecule has 0 unspecified atom stereocenters. The number of hydrogen-bond acceptors (Lipinski definition) is 3. The fourth-order valence-electron chi connectivity index (χ4n) is 0.803. The number of carbonyl (C=O) groups is 2. The van der Waals surface area contributed by atoms with Crippen molar-refractivity contribution in [3.8, 4) is 0 Å². The van der Waals surface area contributed by atoms with Crippen LogP contribution in [-0.2, 0) is 9.59 Å². The molecule has 1 heterocycles. The molecule has 0 aromatic heterocycles. The van der Waals surface area contributed by atoms with Crippen LogP contribution in [0, 0.1) is 0 Å². The van der Waals surface area contributed by atoms with Crippen LogP contribution in [0.1, 0.15) is 13.3 Å². The number of amidine groups is 1. The summed E-state index contributed by atoms with van der Waals surface area (Å²) in [4.78, 5) is 28.5. The number of aliphatic carboxylic acids is 1. The number of carboxylic acids is 1. The van der Waals surface area contributed by atoms with Crippen LogP contribution < -0.4 is 0 Å². The number of nitrogens with zero attached hydrogens (tertiary/aromatic N) is 2. The molecule has 68 valence electrons. The molecular weight excluding hydrogens is 172 g/mol. The Kier molecular flexibility index (Phi) is 2.69. The Morgan fingerprint density at radius 2 is 2.23 bits per heavy atom. The second kappa shape index (κ2) is 3.75. The van der Waals surface area contributed by atoms with Gasteiger partial charge in [-0.1, -0.05) is 6.92 Å². The maximum atomic E-state index is 11.0. The zero-order chi connectivity index (χ0) is 9.84. The second-order valence-corrected chi connectivity index (χ2v) is 2.36. The van der Waals surface area contributed by atoms with E-state index in [0.717, 1.165) is 12.2 Å². The number of rotatable bonds is 3. The van der Waals surface area contributed by atoms with Gasteiger partial charge in [-0.25, -0.2) is 9.79 Å². The van der Waals surface area contributed by atoms with E-state index in [4.69, 9.17) is 5.11 Å². The molecule has 0 aromatic rings. The molecule has 13 heavy (non-hydrogen) atoms. The molecule has 0 radical (unpaired) electrons. The molecule has 0 saturated heterocycles. The summed E-state index contributed by atoms with van der Waals surface area (Å²) in [7, 11) is 0. The predicted octanol–water partition coefficient (Wildman–Crippen LogP) is 0.417. The van der Waals surface area contributed by atoms with E-state index in [0.29, 0.717) is 12.3 Å². The lowest BCUT2D eigenvalue weighted by Crippen LogP contribution is -2.04. The van der Waals surface area contributed by atoms with Crippen LogP contribution in [0.3, 0.4) is 0 Å². The highest BCUT2D eigenvalue weighted by atomic mass is 16.4. The third-order valence-electron chi connectivity index (χ3n) is 1.40. The number of carboxylic acid groups (broad SMARTS) is 1. The zero-order valence-corrected chi connectivity index (χ0v) is 7.02. The Labute approximate surface area is 74.5 Å². The summed E-state index contributed by atoms with van der Waals surface area (Å²) in [5, 5.41) is 8.29. The molecule has 0 fully saturated rings. The van der Waals surface area contributed by atoms with Gasteiger partial charge >= 0.3 is 5.97 Å². The Balaban J connectivity index is 2.76. The van der Waals surface area contributed by atoms with Gasteiger partial charge in [0, 0.05) is 12.5 Å². The lowest BCUT2D eigenvalue weighted by molar-refractivity contribution is -0.131. The Morgan fingerprint density at radius 1 is 1.54 bits per heavy atom. The van der Waals surface area contributed by atoms with E-state index in [1.807, 2.05) is 6.92 Å². The van der Waals surface area contributed by atoms with Crippen LogP contribution in [0.15, 0.2) is 22.1 Å². The first-order valence-electron chi connectivity index (χ1n) is 3.75. The summed E-state index contributed by atoms with van der Waals surface area (Å²) in [6.07, 6.45) is 2.58. The summed E-state index contributed by atoms with van der Waals surface area (Å²) < 4.78 is 0. The third kappa shape index (κ3) is 2.33. The lowest BCUT2D eigenvalue weighted by Gasteiger charge is -1.84. The minimum absolute atomic E-state index is 0.0826. The Bertz CT molecular complexity index is 339. The van der Waals surface area contributed by atoms with E-state index in [9.17, 15) is 9.59 Å². The van der Waals surface area contributed by atoms with E-state index in [1.165, 1.54) is 0 Å². The molecule has 0 aromatic carbocycles. The molecule has 1 aliphatic heterocycles. The highest BCUT2D eigenvalue weighted by Gasteiger charge is 2.15. The maximum absolute atomic E-state index is 11.0. The van der Waals surface area contributed by atoms with Gasteiger partial charge in [0.25, 0.3) is 5.91 Å². The molecule has 0 bridgehead atoms. The summed E-state index contributed by atoms with van der Waals surface area (Å²) in [6.45, 7) is 1.82. The summed E-state index contributed by atoms with van der Waals surface area (Å²) in [6, 6.07) is 0. The minimum atomic E-state index is -1.11. The van der Waals surface area contributed by atoms with E-state index in [2.05, 4.69) is 9.98 Å². The second-order valence-electron chi connectivity index (χ2n) is 2.36. The predicted molar refractivity (Wildman–Crippen MR) is 46.9 cm³/mol. The van der Waals surface area contributed by atoms with Crippen molar-refractivity contribution >= 4 is 23.4 Å². The fraction of sp³-hybridized carbons (Fsp3) is 0.250. The van der Waals surface area contributed by atoms with Crippen LogP contribution >= 0.6 is 0 Å². The molecule has 0 atom stereocenters. The van der Waals surface area contributed by atoms with E-state index in [1.54, 1.807) is 0 Å². The Hall–Kier alpha value is -1.78. The highest BCUT2D eigenvalue weighted by Crippen LogP contribution is 2.02. The summed E-state index contributed by atoms with van der Waals surface area (Å²) >= 11 is 0. The van der Waals surface area contributed by atoms with Crippen molar-refractivity contribution in [1.29, 1.82) is 0 Å². The smallest absolute Gasteiger partial charge is 0.328 e. The lowest BCUT2D eigenvalue weighted by atomic mass is 10.3. The molecule has 5 heteroatoms. The molecule has 5 nitrogen and oxygen atoms in total. The SMILES string of the molecule is CCC1=NC(=O)C(C=CC(=O)O)=N1. The van der Waals surface area contributed by atoms with Crippen molar-refractivity contribution in [3.63, 3.8) is 0 Å². The van der Waals surface area contributed by atoms with Crippen LogP contribution in [0.5, 0.6) is 0 Å². The van der Waals surface area contributed by atoms with Crippen molar-refractivity contribution in [3.05, 3.63) is 12.2 Å². The summed E-state index contributed by atoms with van der Waals surface area (Å²) in [5.74, 6) is -1.15. The number of hydrogen-bond donors (Lipinski definition) is 1. The highest BCUT2D eigenvalue weighted by molar-refractivity contribution is 6.49. The maximum Gasteiger partial charge on any atom is 0.328 e. The van der Waals surface area contributed by atoms with Crippen LogP contribution in [0.2, 0.25) is 0 Å². The number of amides is 1. The third-order valence-corrected chi connectivity index (χ3v) is 1.40. The first kappa shape index (κ1) is 9.31. The normalized spacial score (nSPS) is 16.2. The standard InChI is InChI=1S/C8H8N2O3/c1-2-6-9-5(8(13)10-6)3-4-7(11)12/h3-4H,2H2,1H3,(H,11,12). The van der Waals surface area contributed by atoms with E-state index >= 15 is 0 Å². The average molecular weight is 180 g/mol. The fourth-order valence-corrected chi connectivity index (χ4v) is 0.803. The van der Waals surface area contributed by atoms with Gasteiger partial charge in [-0.15, -0.1) is 0 Å². The van der Waals surface area contributed by atoms with Gasteiger partial charge in [-0.3, -0.25) is 4.79 Å². The monoisotopic (exact) mass is 180 g/mol. The van der Waals surface area contributed by atoms with Crippen molar-refractivity contribution in [2.24, 2.45) is 9.98 Å². The molecule has 1 amide bonds. The van der Waals surface area contributed by atoms with Gasteiger partial charge in [0.1, 0.15) is 11.5 Å². The van der Waals surface area contributed by atoms with Crippen LogP contribution in [-0.4, -0.2) is 28.5 Å². The summed E-state index contributed by atoms with van der Waals surface area (Å²) in [5.41, 5.74) is 0.0826. The van der Waals surface area contributed by atoms with Crippen molar-refractivity contribution in [2.45, 2.75) is 13.3 Å². The molecule has 1 N–H and O–H groups in total. The molecule has 0 saturated carbocycles. The molecular formula is C8H8N2O3. The van der Waals surface area contributed by atoms with Crippen molar-refractivity contribution in [2.75, 3.05) is 0 Å². The van der Waals surface area contributed by atoms with Gasteiger partial charge in [0.15, 0.2) is 0 Å². The topological polar surface area (TPSA) is 79.1 Å². The number of aliphatic imine (C=N–C) groups is 2. The van der Waals surface area contributed by atoms with Gasteiger partial charge in [-0.2, -0.15) is 4.99 Å². The van der Waals surface area contributed by atoms with Gasteiger partial charge < -0.3 is 5.11 Å². The van der Waals surface area contributed by atoms with Crippen molar-refractivity contribution in [1.82, 2.24) is 0 Å². The quantitative estimate of drug-likeness (QED) is 0.639. The molecule has 0 spiro atoms. The number of carbonyl (C=O) groups excluding carboxylic acids is 1. The minimum Gasteiger partial charge on any atom is -0.478 e. The Morgan fingerprint density at radius 3 is 2.69 bits per heavy atom. The van der Waals surface area contributed by atoms with Gasteiger partial charge in [0.05, 0.1) is 0 Å². The van der Waals surface area contributed by atoms with Crippen molar-refractivity contribution < 1.29 is 14.7 Å². The van der Waals surface area contributed by atoms with Crippen LogP contribution in [0.4, 0.5) is 0 Å².